The Morgan fingerprint density at radius 1 is 1.05 bits per heavy atom. The third kappa shape index (κ3) is 4.51. The zero-order valence-electron chi connectivity index (χ0n) is 12.5. The van der Waals surface area contributed by atoms with Crippen molar-refractivity contribution >= 4 is 0 Å². The minimum atomic E-state index is -4.27. The molecule has 0 fully saturated rings. The summed E-state index contributed by atoms with van der Waals surface area (Å²) in [5.41, 5.74) is 0.237. The molecule has 1 nitrogen and oxygen atoms in total. The molecule has 0 aromatic heterocycles. The Balaban J connectivity index is 2.94. The Hall–Kier alpha value is -1.03. The van der Waals surface area contributed by atoms with Crippen molar-refractivity contribution in [1.29, 1.82) is 0 Å². The Labute approximate surface area is 119 Å². The predicted octanol–water partition coefficient (Wildman–Crippen LogP) is 4.66. The lowest BCUT2D eigenvalue weighted by molar-refractivity contribution is -0.137. The van der Waals surface area contributed by atoms with E-state index in [4.69, 9.17) is 0 Å². The maximum Gasteiger partial charge on any atom is 0.416 e. The molecule has 0 radical (unpaired) electrons. The first-order valence-electron chi connectivity index (χ1n) is 7.23. The van der Waals surface area contributed by atoms with Crippen molar-refractivity contribution in [3.63, 3.8) is 0 Å². The SMILES string of the molecule is CCNCC(CC)(CC)Cc1cccc(C(F)(F)F)c1. The molecule has 1 aromatic carbocycles. The summed E-state index contributed by atoms with van der Waals surface area (Å²) >= 11 is 0. The van der Waals surface area contributed by atoms with Gasteiger partial charge in [0.1, 0.15) is 0 Å². The molecular formula is C16H24F3N. The van der Waals surface area contributed by atoms with Crippen LogP contribution in [0.1, 0.15) is 44.7 Å². The van der Waals surface area contributed by atoms with Crippen LogP contribution in [-0.4, -0.2) is 13.1 Å². The van der Waals surface area contributed by atoms with Crippen molar-refractivity contribution in [2.24, 2.45) is 5.41 Å². The van der Waals surface area contributed by atoms with E-state index in [0.29, 0.717) is 6.42 Å². The van der Waals surface area contributed by atoms with Crippen molar-refractivity contribution < 1.29 is 13.2 Å². The second kappa shape index (κ2) is 7.11. The predicted molar refractivity (Wildman–Crippen MR) is 76.7 cm³/mol. The summed E-state index contributed by atoms with van der Waals surface area (Å²) in [6.45, 7) is 7.97. The molecule has 4 heteroatoms. The van der Waals surface area contributed by atoms with E-state index < -0.39 is 11.7 Å². The number of benzene rings is 1. The molecule has 1 N–H and O–H groups in total. The quantitative estimate of drug-likeness (QED) is 0.769. The van der Waals surface area contributed by atoms with Gasteiger partial charge in [-0.25, -0.2) is 0 Å². The maximum absolute atomic E-state index is 12.8. The average Bonchev–Trinajstić information content (AvgIpc) is 2.43. The summed E-state index contributed by atoms with van der Waals surface area (Å²) in [4.78, 5) is 0. The summed E-state index contributed by atoms with van der Waals surface area (Å²) in [5.74, 6) is 0. The third-order valence-corrected chi connectivity index (χ3v) is 4.08. The largest absolute Gasteiger partial charge is 0.416 e. The van der Waals surface area contributed by atoms with E-state index in [0.717, 1.165) is 37.6 Å². The van der Waals surface area contributed by atoms with Crippen LogP contribution >= 0.6 is 0 Å². The highest BCUT2D eigenvalue weighted by Gasteiger charge is 2.31. The van der Waals surface area contributed by atoms with E-state index in [9.17, 15) is 13.2 Å². The van der Waals surface area contributed by atoms with Crippen molar-refractivity contribution in [1.82, 2.24) is 5.32 Å². The fraction of sp³-hybridized carbons (Fsp3) is 0.625. The highest BCUT2D eigenvalue weighted by atomic mass is 19.4. The van der Waals surface area contributed by atoms with Gasteiger partial charge < -0.3 is 5.32 Å². The van der Waals surface area contributed by atoms with Gasteiger partial charge in [0.05, 0.1) is 5.56 Å². The molecule has 0 aliphatic rings. The fourth-order valence-electron chi connectivity index (χ4n) is 2.49. The lowest BCUT2D eigenvalue weighted by Crippen LogP contribution is -2.35. The highest BCUT2D eigenvalue weighted by Crippen LogP contribution is 2.33. The van der Waals surface area contributed by atoms with Crippen LogP contribution in [0.4, 0.5) is 13.2 Å². The molecule has 0 aliphatic heterocycles. The summed E-state index contributed by atoms with van der Waals surface area (Å²) in [7, 11) is 0. The molecule has 0 spiro atoms. The Morgan fingerprint density at radius 3 is 2.20 bits per heavy atom. The van der Waals surface area contributed by atoms with Gasteiger partial charge in [0.2, 0.25) is 0 Å². The van der Waals surface area contributed by atoms with Gasteiger partial charge in [-0.3, -0.25) is 0 Å². The summed E-state index contributed by atoms with van der Waals surface area (Å²) in [5, 5.41) is 3.33. The van der Waals surface area contributed by atoms with Gasteiger partial charge in [-0.1, -0.05) is 39.0 Å². The van der Waals surface area contributed by atoms with Crippen LogP contribution in [0.25, 0.3) is 0 Å². The Bertz CT molecular complexity index is 408. The Morgan fingerprint density at radius 2 is 1.70 bits per heavy atom. The van der Waals surface area contributed by atoms with E-state index in [1.807, 2.05) is 6.92 Å². The molecule has 0 aliphatic carbocycles. The molecule has 0 atom stereocenters. The van der Waals surface area contributed by atoms with Crippen molar-refractivity contribution in [3.8, 4) is 0 Å². The zero-order valence-corrected chi connectivity index (χ0v) is 12.5. The molecule has 20 heavy (non-hydrogen) atoms. The molecule has 0 unspecified atom stereocenters. The molecule has 0 heterocycles. The fourth-order valence-corrected chi connectivity index (χ4v) is 2.49. The summed E-state index contributed by atoms with van der Waals surface area (Å²) < 4.78 is 38.3. The summed E-state index contributed by atoms with van der Waals surface area (Å²) in [6.07, 6.45) is -1.69. The normalized spacial score (nSPS) is 12.7. The topological polar surface area (TPSA) is 12.0 Å². The molecule has 0 saturated heterocycles. The zero-order chi connectivity index (χ0) is 15.2. The molecule has 1 rings (SSSR count). The van der Waals surface area contributed by atoms with Crippen molar-refractivity contribution in [2.75, 3.05) is 13.1 Å². The molecule has 0 amide bonds. The van der Waals surface area contributed by atoms with Crippen molar-refractivity contribution in [2.45, 2.75) is 46.2 Å². The van der Waals surface area contributed by atoms with E-state index in [-0.39, 0.29) is 5.41 Å². The van der Waals surface area contributed by atoms with E-state index in [1.165, 1.54) is 12.1 Å². The van der Waals surface area contributed by atoms with Gasteiger partial charge in [-0.05, 0) is 42.9 Å². The van der Waals surface area contributed by atoms with Gasteiger partial charge >= 0.3 is 6.18 Å². The number of rotatable bonds is 7. The number of nitrogens with one attached hydrogen (secondary N) is 1. The minimum Gasteiger partial charge on any atom is -0.316 e. The second-order valence-corrected chi connectivity index (χ2v) is 5.36. The number of halogens is 3. The minimum absolute atomic E-state index is 0.0280. The van der Waals surface area contributed by atoms with Gasteiger partial charge in [-0.15, -0.1) is 0 Å². The van der Waals surface area contributed by atoms with Gasteiger partial charge in [-0.2, -0.15) is 13.2 Å². The number of hydrogen-bond acceptors (Lipinski definition) is 1. The highest BCUT2D eigenvalue weighted by molar-refractivity contribution is 5.26. The van der Waals surface area contributed by atoms with Crippen molar-refractivity contribution in [3.05, 3.63) is 35.4 Å². The first kappa shape index (κ1) is 17.0. The Kier molecular flexibility index (Phi) is 6.06. The molecule has 0 bridgehead atoms. The van der Waals surface area contributed by atoms with E-state index >= 15 is 0 Å². The van der Waals surface area contributed by atoms with Crippen LogP contribution in [0.5, 0.6) is 0 Å². The van der Waals surface area contributed by atoms with Crippen LogP contribution in [0.15, 0.2) is 24.3 Å². The molecule has 1 aromatic rings. The third-order valence-electron chi connectivity index (χ3n) is 4.08. The van der Waals surface area contributed by atoms with Crippen LogP contribution in [0.2, 0.25) is 0 Å². The van der Waals surface area contributed by atoms with Gasteiger partial charge in [0.25, 0.3) is 0 Å². The van der Waals surface area contributed by atoms with Crippen LogP contribution in [0, 0.1) is 5.41 Å². The monoisotopic (exact) mass is 287 g/mol. The average molecular weight is 287 g/mol. The molecule has 114 valence electrons. The first-order chi connectivity index (χ1) is 9.37. The smallest absolute Gasteiger partial charge is 0.316 e. The summed E-state index contributed by atoms with van der Waals surface area (Å²) in [6, 6.07) is 5.71. The molecular weight excluding hydrogens is 263 g/mol. The van der Waals surface area contributed by atoms with E-state index in [1.54, 1.807) is 6.07 Å². The lowest BCUT2D eigenvalue weighted by atomic mass is 9.76. The molecule has 0 saturated carbocycles. The number of alkyl halides is 3. The van der Waals surface area contributed by atoms with Gasteiger partial charge in [0.15, 0.2) is 0 Å². The maximum atomic E-state index is 12.8. The van der Waals surface area contributed by atoms with Crippen LogP contribution in [-0.2, 0) is 12.6 Å². The number of hydrogen-bond donors (Lipinski definition) is 1. The van der Waals surface area contributed by atoms with E-state index in [2.05, 4.69) is 19.2 Å². The van der Waals surface area contributed by atoms with Gasteiger partial charge in [0, 0.05) is 6.54 Å². The lowest BCUT2D eigenvalue weighted by Gasteiger charge is -2.32. The second-order valence-electron chi connectivity index (χ2n) is 5.36. The van der Waals surface area contributed by atoms with Crippen LogP contribution in [0.3, 0.4) is 0 Å². The standard InChI is InChI=1S/C16H24F3N/c1-4-15(5-2,12-20-6-3)11-13-8-7-9-14(10-13)16(17,18)19/h7-10,20H,4-6,11-12H2,1-3H3. The first-order valence-corrected chi connectivity index (χ1v) is 7.23. The van der Waals surface area contributed by atoms with Crippen LogP contribution < -0.4 is 5.32 Å².